The first-order valence-electron chi connectivity index (χ1n) is 5.93. The van der Waals surface area contributed by atoms with Crippen molar-refractivity contribution in [2.45, 2.75) is 12.5 Å². The molecule has 1 atom stereocenters. The highest BCUT2D eigenvalue weighted by Crippen LogP contribution is 2.28. The molecule has 100 valence electrons. The largest absolute Gasteiger partial charge is 0.495 e. The van der Waals surface area contributed by atoms with Crippen molar-refractivity contribution in [3.8, 4) is 5.75 Å². The molecule has 0 saturated carbocycles. The summed E-state index contributed by atoms with van der Waals surface area (Å²) in [6, 6.07) is 13.2. The fourth-order valence-electron chi connectivity index (χ4n) is 1.95. The summed E-state index contributed by atoms with van der Waals surface area (Å²) in [5.41, 5.74) is 8.28. The van der Waals surface area contributed by atoms with Crippen LogP contribution in [0.3, 0.4) is 0 Å². The maximum atomic E-state index is 6.19. The van der Waals surface area contributed by atoms with Crippen molar-refractivity contribution in [2.75, 3.05) is 7.11 Å². The van der Waals surface area contributed by atoms with Gasteiger partial charge in [-0.3, -0.25) is 0 Å². The zero-order chi connectivity index (χ0) is 13.8. The van der Waals surface area contributed by atoms with Crippen molar-refractivity contribution in [3.63, 3.8) is 0 Å². The Morgan fingerprint density at radius 3 is 2.58 bits per heavy atom. The van der Waals surface area contributed by atoms with E-state index >= 15 is 0 Å². The van der Waals surface area contributed by atoms with Crippen LogP contribution in [0.1, 0.15) is 17.2 Å². The van der Waals surface area contributed by atoms with Crippen LogP contribution in [0.5, 0.6) is 5.75 Å². The molecule has 4 heteroatoms. The second-order valence-electron chi connectivity index (χ2n) is 4.33. The lowest BCUT2D eigenvalue weighted by Crippen LogP contribution is -2.13. The van der Waals surface area contributed by atoms with Crippen molar-refractivity contribution in [3.05, 3.63) is 63.6 Å². The highest BCUT2D eigenvalue weighted by atomic mass is 35.5. The fourth-order valence-corrected chi connectivity index (χ4v) is 2.43. The predicted octanol–water partition coefficient (Wildman–Crippen LogP) is 4.24. The number of ether oxygens (including phenoxy) is 1. The number of benzene rings is 2. The van der Waals surface area contributed by atoms with Crippen LogP contribution in [0.25, 0.3) is 0 Å². The molecular formula is C15H15Cl2NO. The van der Waals surface area contributed by atoms with E-state index in [1.165, 1.54) is 0 Å². The van der Waals surface area contributed by atoms with E-state index < -0.39 is 0 Å². The molecule has 2 aromatic rings. The average Bonchev–Trinajstić information content (AvgIpc) is 2.38. The summed E-state index contributed by atoms with van der Waals surface area (Å²) in [6.45, 7) is 0. The van der Waals surface area contributed by atoms with Crippen LogP contribution >= 0.6 is 23.2 Å². The van der Waals surface area contributed by atoms with E-state index in [1.54, 1.807) is 7.11 Å². The first kappa shape index (κ1) is 14.2. The quantitative estimate of drug-likeness (QED) is 0.915. The summed E-state index contributed by atoms with van der Waals surface area (Å²) in [6.07, 6.45) is 0.712. The van der Waals surface area contributed by atoms with Crippen LogP contribution in [0.2, 0.25) is 10.0 Å². The van der Waals surface area contributed by atoms with Gasteiger partial charge in [0.05, 0.1) is 12.1 Å². The van der Waals surface area contributed by atoms with E-state index in [4.69, 9.17) is 33.7 Å². The summed E-state index contributed by atoms with van der Waals surface area (Å²) in [7, 11) is 1.59. The Balaban J connectivity index is 2.15. The van der Waals surface area contributed by atoms with E-state index in [0.717, 1.165) is 16.1 Å². The lowest BCUT2D eigenvalue weighted by Gasteiger charge is -2.14. The number of nitrogens with two attached hydrogens (primary N) is 1. The number of halogens is 2. The fraction of sp³-hybridized carbons (Fsp3) is 0.200. The van der Waals surface area contributed by atoms with Crippen LogP contribution in [0.4, 0.5) is 0 Å². The summed E-state index contributed by atoms with van der Waals surface area (Å²) in [4.78, 5) is 0. The van der Waals surface area contributed by atoms with Crippen molar-refractivity contribution in [1.82, 2.24) is 0 Å². The molecule has 19 heavy (non-hydrogen) atoms. The second kappa shape index (κ2) is 6.29. The van der Waals surface area contributed by atoms with Gasteiger partial charge in [0.2, 0.25) is 0 Å². The standard InChI is InChI=1S/C15H15Cl2NO/c1-19-15-6-5-11(9-13(15)17)14(18)8-10-3-2-4-12(16)7-10/h2-7,9,14H,8,18H2,1H3. The van der Waals surface area contributed by atoms with Gasteiger partial charge in [0.25, 0.3) is 0 Å². The maximum Gasteiger partial charge on any atom is 0.137 e. The van der Waals surface area contributed by atoms with Gasteiger partial charge in [-0.25, -0.2) is 0 Å². The van der Waals surface area contributed by atoms with Gasteiger partial charge in [-0.05, 0) is 41.8 Å². The minimum atomic E-state index is -0.123. The minimum Gasteiger partial charge on any atom is -0.495 e. The zero-order valence-corrected chi connectivity index (χ0v) is 12.1. The van der Waals surface area contributed by atoms with Gasteiger partial charge in [0.1, 0.15) is 5.75 Å². The molecule has 1 unspecified atom stereocenters. The monoisotopic (exact) mass is 295 g/mol. The molecule has 0 saturated heterocycles. The van der Waals surface area contributed by atoms with Crippen molar-refractivity contribution < 1.29 is 4.74 Å². The SMILES string of the molecule is COc1ccc(C(N)Cc2cccc(Cl)c2)cc1Cl. The molecule has 0 spiro atoms. The normalized spacial score (nSPS) is 12.2. The number of hydrogen-bond donors (Lipinski definition) is 1. The van der Waals surface area contributed by atoms with Gasteiger partial charge in [-0.1, -0.05) is 41.4 Å². The van der Waals surface area contributed by atoms with E-state index in [0.29, 0.717) is 17.2 Å². The number of rotatable bonds is 4. The van der Waals surface area contributed by atoms with Gasteiger partial charge in [0, 0.05) is 11.1 Å². The molecule has 0 amide bonds. The van der Waals surface area contributed by atoms with Gasteiger partial charge >= 0.3 is 0 Å². The zero-order valence-electron chi connectivity index (χ0n) is 10.6. The van der Waals surface area contributed by atoms with E-state index in [1.807, 2.05) is 42.5 Å². The summed E-state index contributed by atoms with van der Waals surface area (Å²) in [5.74, 6) is 0.653. The number of methoxy groups -OCH3 is 1. The molecule has 2 rings (SSSR count). The smallest absolute Gasteiger partial charge is 0.137 e. The van der Waals surface area contributed by atoms with Gasteiger partial charge in [-0.15, -0.1) is 0 Å². The molecule has 0 aliphatic heterocycles. The Morgan fingerprint density at radius 2 is 1.95 bits per heavy atom. The van der Waals surface area contributed by atoms with Crippen LogP contribution in [0.15, 0.2) is 42.5 Å². The Bertz CT molecular complexity index is 572. The summed E-state index contributed by atoms with van der Waals surface area (Å²) < 4.78 is 5.12. The van der Waals surface area contributed by atoms with E-state index in [-0.39, 0.29) is 6.04 Å². The van der Waals surface area contributed by atoms with Crippen molar-refractivity contribution in [1.29, 1.82) is 0 Å². The Kier molecular flexibility index (Phi) is 4.70. The second-order valence-corrected chi connectivity index (χ2v) is 5.18. The maximum absolute atomic E-state index is 6.19. The molecule has 0 fully saturated rings. The average molecular weight is 296 g/mol. The van der Waals surface area contributed by atoms with Crippen LogP contribution < -0.4 is 10.5 Å². The van der Waals surface area contributed by atoms with Crippen molar-refractivity contribution >= 4 is 23.2 Å². The highest BCUT2D eigenvalue weighted by molar-refractivity contribution is 6.32. The molecule has 0 aromatic heterocycles. The Morgan fingerprint density at radius 1 is 1.16 bits per heavy atom. The topological polar surface area (TPSA) is 35.2 Å². The molecule has 2 aromatic carbocycles. The molecule has 0 aliphatic carbocycles. The minimum absolute atomic E-state index is 0.123. The third-order valence-electron chi connectivity index (χ3n) is 2.95. The molecule has 2 nitrogen and oxygen atoms in total. The van der Waals surface area contributed by atoms with Crippen LogP contribution in [-0.2, 0) is 6.42 Å². The van der Waals surface area contributed by atoms with Gasteiger partial charge < -0.3 is 10.5 Å². The molecule has 0 heterocycles. The predicted molar refractivity (Wildman–Crippen MR) is 80.1 cm³/mol. The molecular weight excluding hydrogens is 281 g/mol. The van der Waals surface area contributed by atoms with E-state index in [9.17, 15) is 0 Å². The molecule has 2 N–H and O–H groups in total. The highest BCUT2D eigenvalue weighted by Gasteiger charge is 2.10. The van der Waals surface area contributed by atoms with Crippen molar-refractivity contribution in [2.24, 2.45) is 5.73 Å². The summed E-state index contributed by atoms with van der Waals surface area (Å²) in [5, 5.41) is 1.29. The van der Waals surface area contributed by atoms with Crippen LogP contribution in [-0.4, -0.2) is 7.11 Å². The lowest BCUT2D eigenvalue weighted by atomic mass is 10.00. The first-order chi connectivity index (χ1) is 9.10. The Labute approximate surface area is 123 Å². The molecule has 0 bridgehead atoms. The molecule has 0 aliphatic rings. The summed E-state index contributed by atoms with van der Waals surface area (Å²) >= 11 is 12.1. The third-order valence-corrected chi connectivity index (χ3v) is 3.48. The van der Waals surface area contributed by atoms with Gasteiger partial charge in [0.15, 0.2) is 0 Å². The van der Waals surface area contributed by atoms with E-state index in [2.05, 4.69) is 0 Å². The Hall–Kier alpha value is -1.22. The third kappa shape index (κ3) is 3.63. The van der Waals surface area contributed by atoms with Gasteiger partial charge in [-0.2, -0.15) is 0 Å². The number of hydrogen-bond acceptors (Lipinski definition) is 2. The van der Waals surface area contributed by atoms with Crippen LogP contribution in [0, 0.1) is 0 Å². The molecule has 0 radical (unpaired) electrons. The lowest BCUT2D eigenvalue weighted by molar-refractivity contribution is 0.414. The first-order valence-corrected chi connectivity index (χ1v) is 6.69.